The summed E-state index contributed by atoms with van der Waals surface area (Å²) in [5.74, 6) is 0.863. The maximum Gasteiger partial charge on any atom is 0 e. The van der Waals surface area contributed by atoms with Gasteiger partial charge < -0.3 is 5.32 Å². The van der Waals surface area contributed by atoms with Crippen LogP contribution in [0.5, 0.6) is 0 Å². The predicted molar refractivity (Wildman–Crippen MR) is 36.0 cm³/mol. The minimum absolute atomic E-state index is 0. The molecule has 0 bridgehead atoms. The van der Waals surface area contributed by atoms with Gasteiger partial charge in [0, 0.05) is 21.1 Å². The third-order valence-electron chi connectivity index (χ3n) is 1.92. The Kier molecular flexibility index (Phi) is 3.39. The summed E-state index contributed by atoms with van der Waals surface area (Å²) >= 11 is 0. The van der Waals surface area contributed by atoms with Crippen molar-refractivity contribution in [2.24, 2.45) is 11.3 Å². The molecule has 0 spiro atoms. The van der Waals surface area contributed by atoms with Crippen LogP contribution in [0, 0.1) is 11.3 Å². The van der Waals surface area contributed by atoms with E-state index >= 15 is 0 Å². The van der Waals surface area contributed by atoms with Crippen LogP contribution >= 0.6 is 0 Å². The summed E-state index contributed by atoms with van der Waals surface area (Å²) in [7, 11) is 0. The molecule has 1 aliphatic rings. The Balaban J connectivity index is 0.000000640. The van der Waals surface area contributed by atoms with Crippen LogP contribution in [0.3, 0.4) is 0 Å². The van der Waals surface area contributed by atoms with Crippen molar-refractivity contribution in [1.82, 2.24) is 0 Å². The van der Waals surface area contributed by atoms with Gasteiger partial charge in [-0.05, 0) is 5.41 Å². The smallest absolute Gasteiger partial charge is 0 e. The molecule has 0 aromatic rings. The molecule has 1 fully saturated rings. The summed E-state index contributed by atoms with van der Waals surface area (Å²) < 4.78 is 0. The van der Waals surface area contributed by atoms with Crippen molar-refractivity contribution in [3.63, 3.8) is 0 Å². The quantitative estimate of drug-likeness (QED) is 0.649. The van der Waals surface area contributed by atoms with Gasteiger partial charge in [-0.3, -0.25) is 0 Å². The maximum atomic E-state index is 4.16. The Bertz CT molecular complexity index is 81.4. The first-order valence-electron chi connectivity index (χ1n) is 3.24. The van der Waals surface area contributed by atoms with Crippen molar-refractivity contribution in [3.8, 4) is 0 Å². The molecule has 1 saturated heterocycles. The summed E-state index contributed by atoms with van der Waals surface area (Å²) in [6.45, 7) is 9.05. The standard InChI is InChI=1S/C7H14N.W/c1-7(2,3)6-4-8-5-6;/h6H,4-5H2,1-3H3;/q-1;. The maximum absolute atomic E-state index is 4.16. The van der Waals surface area contributed by atoms with Gasteiger partial charge >= 0.3 is 0 Å². The molecule has 0 N–H and O–H groups in total. The Morgan fingerprint density at radius 2 is 1.67 bits per heavy atom. The molecule has 0 aliphatic carbocycles. The molecule has 1 nitrogen and oxygen atoms in total. The summed E-state index contributed by atoms with van der Waals surface area (Å²) in [6.07, 6.45) is 0. The third-order valence-corrected chi connectivity index (χ3v) is 1.92. The molecule has 0 radical (unpaired) electrons. The normalized spacial score (nSPS) is 20.3. The van der Waals surface area contributed by atoms with Crippen molar-refractivity contribution >= 4 is 0 Å². The third kappa shape index (κ3) is 2.39. The van der Waals surface area contributed by atoms with E-state index in [0.29, 0.717) is 5.41 Å². The second-order valence-electron chi connectivity index (χ2n) is 3.65. The molecule has 0 aromatic heterocycles. The SMILES string of the molecule is CC(C)(C)C1C[N-]C1.[W]. The van der Waals surface area contributed by atoms with Gasteiger partial charge in [0.05, 0.1) is 0 Å². The molecule has 1 rings (SSSR count). The van der Waals surface area contributed by atoms with Gasteiger partial charge in [-0.25, -0.2) is 0 Å². The van der Waals surface area contributed by atoms with Crippen LogP contribution < -0.4 is 0 Å². The number of rotatable bonds is 0. The summed E-state index contributed by atoms with van der Waals surface area (Å²) in [6, 6.07) is 0. The molecule has 0 unspecified atom stereocenters. The summed E-state index contributed by atoms with van der Waals surface area (Å²) in [5, 5.41) is 4.16. The van der Waals surface area contributed by atoms with Gasteiger partial charge in [0.1, 0.15) is 0 Å². The Morgan fingerprint density at radius 1 is 1.22 bits per heavy atom. The number of nitrogens with zero attached hydrogens (tertiary/aromatic N) is 1. The van der Waals surface area contributed by atoms with Gasteiger partial charge in [0.25, 0.3) is 0 Å². The van der Waals surface area contributed by atoms with Crippen molar-refractivity contribution in [3.05, 3.63) is 5.32 Å². The van der Waals surface area contributed by atoms with Crippen molar-refractivity contribution in [1.29, 1.82) is 0 Å². The summed E-state index contributed by atoms with van der Waals surface area (Å²) in [5.41, 5.74) is 0.502. The fourth-order valence-corrected chi connectivity index (χ4v) is 0.806. The van der Waals surface area contributed by atoms with Crippen molar-refractivity contribution in [2.45, 2.75) is 20.8 Å². The van der Waals surface area contributed by atoms with Crippen molar-refractivity contribution < 1.29 is 21.1 Å². The van der Waals surface area contributed by atoms with Crippen LogP contribution in [-0.4, -0.2) is 13.1 Å². The second kappa shape index (κ2) is 3.16. The fraction of sp³-hybridized carbons (Fsp3) is 1.00. The van der Waals surface area contributed by atoms with E-state index in [2.05, 4.69) is 26.1 Å². The van der Waals surface area contributed by atoms with Crippen LogP contribution in [0.1, 0.15) is 20.8 Å². The molecule has 9 heavy (non-hydrogen) atoms. The Morgan fingerprint density at radius 3 is 1.67 bits per heavy atom. The Hall–Kier alpha value is 0.648. The average molecular weight is 296 g/mol. The first kappa shape index (κ1) is 9.65. The second-order valence-corrected chi connectivity index (χ2v) is 3.65. The number of hydrogen-bond acceptors (Lipinski definition) is 0. The van der Waals surface area contributed by atoms with Gasteiger partial charge in [0.2, 0.25) is 0 Å². The molecule has 54 valence electrons. The molecular formula is C7H14NW-. The van der Waals surface area contributed by atoms with Crippen LogP contribution in [0.15, 0.2) is 0 Å². The van der Waals surface area contributed by atoms with E-state index in [1.165, 1.54) is 0 Å². The first-order chi connectivity index (χ1) is 3.61. The van der Waals surface area contributed by atoms with E-state index in [4.69, 9.17) is 0 Å². The monoisotopic (exact) mass is 296 g/mol. The summed E-state index contributed by atoms with van der Waals surface area (Å²) in [4.78, 5) is 0. The molecular weight excluding hydrogens is 282 g/mol. The van der Waals surface area contributed by atoms with E-state index in [1.54, 1.807) is 0 Å². The number of hydrogen-bond donors (Lipinski definition) is 0. The molecule has 1 aliphatic heterocycles. The van der Waals surface area contributed by atoms with E-state index < -0.39 is 0 Å². The fourth-order valence-electron chi connectivity index (χ4n) is 0.806. The topological polar surface area (TPSA) is 14.1 Å². The zero-order valence-electron chi connectivity index (χ0n) is 6.35. The van der Waals surface area contributed by atoms with E-state index in [-0.39, 0.29) is 21.1 Å². The van der Waals surface area contributed by atoms with E-state index in [9.17, 15) is 0 Å². The minimum Gasteiger partial charge on any atom is -0.662 e. The molecule has 0 amide bonds. The molecule has 0 atom stereocenters. The minimum atomic E-state index is 0. The van der Waals surface area contributed by atoms with Gasteiger partial charge in [-0.15, -0.1) is 13.1 Å². The largest absolute Gasteiger partial charge is 0.662 e. The first-order valence-corrected chi connectivity index (χ1v) is 3.24. The van der Waals surface area contributed by atoms with Crippen LogP contribution in [0.4, 0.5) is 0 Å². The zero-order valence-corrected chi connectivity index (χ0v) is 9.28. The predicted octanol–water partition coefficient (Wildman–Crippen LogP) is 2.03. The van der Waals surface area contributed by atoms with Gasteiger partial charge in [-0.2, -0.15) is 0 Å². The molecule has 2 heteroatoms. The van der Waals surface area contributed by atoms with Crippen molar-refractivity contribution in [2.75, 3.05) is 13.1 Å². The van der Waals surface area contributed by atoms with E-state index in [1.807, 2.05) is 0 Å². The van der Waals surface area contributed by atoms with Crippen LogP contribution in [0.25, 0.3) is 5.32 Å². The molecule has 0 aromatic carbocycles. The van der Waals surface area contributed by atoms with E-state index in [0.717, 1.165) is 19.0 Å². The van der Waals surface area contributed by atoms with Gasteiger partial charge in [0.15, 0.2) is 0 Å². The zero-order chi connectivity index (χ0) is 6.20. The van der Waals surface area contributed by atoms with Crippen LogP contribution in [0.2, 0.25) is 0 Å². The van der Waals surface area contributed by atoms with Gasteiger partial charge in [-0.1, -0.05) is 26.7 Å². The Labute approximate surface area is 71.9 Å². The average Bonchev–Trinajstić information content (AvgIpc) is 1.16. The molecule has 0 saturated carbocycles. The molecule has 1 heterocycles. The van der Waals surface area contributed by atoms with Crippen LogP contribution in [-0.2, 0) is 21.1 Å².